The van der Waals surface area contributed by atoms with Crippen LogP contribution in [0.3, 0.4) is 0 Å². The van der Waals surface area contributed by atoms with Crippen molar-refractivity contribution in [3.63, 3.8) is 0 Å². The van der Waals surface area contributed by atoms with Gasteiger partial charge in [0.1, 0.15) is 11.4 Å². The number of aliphatic hydroxyl groups excluding tert-OH is 1. The molecule has 2 atom stereocenters. The standard InChI is InChI=1S/C17H26N2O4S/c1-11(10-20)18-15(24)14(19-16(22)23-17(2,3)4)9-12-5-7-13(21)8-6-12/h5-8,11,14,20-21H,9-10H2,1-4H3,(H,18,24)(H,19,22)/t11-,14+/m1/s1. The van der Waals surface area contributed by atoms with E-state index in [2.05, 4.69) is 10.6 Å². The Morgan fingerprint density at radius 1 is 1.25 bits per heavy atom. The van der Waals surface area contributed by atoms with Crippen molar-refractivity contribution < 1.29 is 19.7 Å². The number of thiocarbonyl (C=S) groups is 1. The zero-order valence-electron chi connectivity index (χ0n) is 14.5. The molecule has 0 saturated carbocycles. The highest BCUT2D eigenvalue weighted by atomic mass is 32.1. The number of hydrogen-bond donors (Lipinski definition) is 4. The van der Waals surface area contributed by atoms with Crippen molar-refractivity contribution in [2.75, 3.05) is 6.61 Å². The predicted octanol–water partition coefficient (Wildman–Crippen LogP) is 2.13. The van der Waals surface area contributed by atoms with Crippen LogP contribution in [0.15, 0.2) is 24.3 Å². The average Bonchev–Trinajstić information content (AvgIpc) is 2.46. The van der Waals surface area contributed by atoms with Crippen molar-refractivity contribution in [3.8, 4) is 5.75 Å². The molecule has 0 aliphatic rings. The molecule has 0 heterocycles. The number of phenolic OH excluding ortho intramolecular Hbond substituents is 1. The minimum Gasteiger partial charge on any atom is -0.508 e. The maximum atomic E-state index is 12.1. The van der Waals surface area contributed by atoms with Crippen molar-refractivity contribution in [1.82, 2.24) is 10.6 Å². The van der Waals surface area contributed by atoms with Crippen molar-refractivity contribution in [2.24, 2.45) is 0 Å². The second-order valence-electron chi connectivity index (χ2n) is 6.66. The normalized spacial score (nSPS) is 13.7. The number of carbonyl (C=O) groups excluding carboxylic acids is 1. The highest BCUT2D eigenvalue weighted by molar-refractivity contribution is 7.80. The second kappa shape index (κ2) is 8.84. The van der Waals surface area contributed by atoms with E-state index < -0.39 is 17.7 Å². The van der Waals surface area contributed by atoms with Gasteiger partial charge in [-0.25, -0.2) is 4.79 Å². The Morgan fingerprint density at radius 3 is 2.33 bits per heavy atom. The molecule has 0 radical (unpaired) electrons. The molecular formula is C17H26N2O4S. The van der Waals surface area contributed by atoms with Crippen molar-refractivity contribution in [1.29, 1.82) is 0 Å². The topological polar surface area (TPSA) is 90.8 Å². The van der Waals surface area contributed by atoms with Crippen molar-refractivity contribution in [2.45, 2.75) is 51.8 Å². The zero-order chi connectivity index (χ0) is 18.3. The Bertz CT molecular complexity index is 555. The van der Waals surface area contributed by atoms with Gasteiger partial charge in [0.05, 0.1) is 17.6 Å². The molecule has 7 heteroatoms. The molecule has 1 amide bonds. The van der Waals surface area contributed by atoms with E-state index >= 15 is 0 Å². The zero-order valence-corrected chi connectivity index (χ0v) is 15.3. The van der Waals surface area contributed by atoms with Gasteiger partial charge in [0.25, 0.3) is 0 Å². The van der Waals surface area contributed by atoms with Crippen LogP contribution in [0.2, 0.25) is 0 Å². The molecule has 0 aliphatic heterocycles. The van der Waals surface area contributed by atoms with E-state index in [1.165, 1.54) is 0 Å². The van der Waals surface area contributed by atoms with Gasteiger partial charge >= 0.3 is 6.09 Å². The summed E-state index contributed by atoms with van der Waals surface area (Å²) in [6.07, 6.45) is -0.129. The van der Waals surface area contributed by atoms with Crippen LogP contribution >= 0.6 is 12.2 Å². The van der Waals surface area contributed by atoms with Crippen LogP contribution in [0, 0.1) is 0 Å². The van der Waals surface area contributed by atoms with Crippen LogP contribution in [-0.2, 0) is 11.2 Å². The molecule has 0 bridgehead atoms. The molecule has 24 heavy (non-hydrogen) atoms. The molecule has 134 valence electrons. The molecule has 1 aromatic rings. The SMILES string of the molecule is C[C@H](CO)NC(=S)[C@H](Cc1ccc(O)cc1)NC(=O)OC(C)(C)C. The summed E-state index contributed by atoms with van der Waals surface area (Å²) in [7, 11) is 0. The van der Waals surface area contributed by atoms with Crippen LogP contribution in [0.4, 0.5) is 4.79 Å². The first-order valence-corrected chi connectivity index (χ1v) is 8.20. The van der Waals surface area contributed by atoms with Gasteiger partial charge < -0.3 is 25.6 Å². The minimum atomic E-state index is -0.611. The average molecular weight is 354 g/mol. The lowest BCUT2D eigenvalue weighted by Gasteiger charge is -2.26. The lowest BCUT2D eigenvalue weighted by molar-refractivity contribution is 0.0517. The van der Waals surface area contributed by atoms with Gasteiger partial charge in [0.2, 0.25) is 0 Å². The predicted molar refractivity (Wildman–Crippen MR) is 97.3 cm³/mol. The van der Waals surface area contributed by atoms with Crippen LogP contribution < -0.4 is 10.6 Å². The molecule has 6 nitrogen and oxygen atoms in total. The molecule has 4 N–H and O–H groups in total. The van der Waals surface area contributed by atoms with E-state index in [1.54, 1.807) is 52.0 Å². The van der Waals surface area contributed by atoms with Crippen LogP contribution in [0.1, 0.15) is 33.3 Å². The van der Waals surface area contributed by atoms with Gasteiger partial charge in [0, 0.05) is 6.04 Å². The van der Waals surface area contributed by atoms with Crippen LogP contribution in [0.5, 0.6) is 5.75 Å². The summed E-state index contributed by atoms with van der Waals surface area (Å²) in [5, 5.41) is 24.3. The first-order valence-electron chi connectivity index (χ1n) is 7.79. The number of hydrogen-bond acceptors (Lipinski definition) is 5. The summed E-state index contributed by atoms with van der Waals surface area (Å²) in [4.78, 5) is 12.5. The van der Waals surface area contributed by atoms with Gasteiger partial charge in [-0.1, -0.05) is 24.4 Å². The number of aliphatic hydroxyl groups is 1. The third kappa shape index (κ3) is 7.61. The molecule has 0 aliphatic carbocycles. The maximum absolute atomic E-state index is 12.1. The maximum Gasteiger partial charge on any atom is 0.408 e. The monoisotopic (exact) mass is 354 g/mol. The number of aromatic hydroxyl groups is 1. The fraction of sp³-hybridized carbons (Fsp3) is 0.529. The summed E-state index contributed by atoms with van der Waals surface area (Å²) >= 11 is 5.36. The first-order chi connectivity index (χ1) is 11.1. The Hall–Kier alpha value is -1.86. The summed E-state index contributed by atoms with van der Waals surface area (Å²) < 4.78 is 5.28. The van der Waals surface area contributed by atoms with E-state index in [9.17, 15) is 9.90 Å². The largest absolute Gasteiger partial charge is 0.508 e. The second-order valence-corrected chi connectivity index (χ2v) is 7.10. The lowest BCUT2D eigenvalue weighted by atomic mass is 10.1. The summed E-state index contributed by atoms with van der Waals surface area (Å²) in [5.41, 5.74) is 0.287. The quantitative estimate of drug-likeness (QED) is 0.585. The highest BCUT2D eigenvalue weighted by Gasteiger charge is 2.23. The third-order valence-corrected chi connectivity index (χ3v) is 3.45. The molecule has 0 saturated heterocycles. The Labute approximate surface area is 148 Å². The molecule has 1 aromatic carbocycles. The van der Waals surface area contributed by atoms with E-state index in [0.717, 1.165) is 5.56 Å². The lowest BCUT2D eigenvalue weighted by Crippen LogP contribution is -2.50. The van der Waals surface area contributed by atoms with Gasteiger partial charge in [-0.15, -0.1) is 0 Å². The van der Waals surface area contributed by atoms with E-state index in [0.29, 0.717) is 11.4 Å². The summed E-state index contributed by atoms with van der Waals surface area (Å²) in [5.74, 6) is 0.171. The fourth-order valence-electron chi connectivity index (χ4n) is 1.92. The van der Waals surface area contributed by atoms with E-state index in [-0.39, 0.29) is 18.4 Å². The Balaban J connectivity index is 2.83. The smallest absolute Gasteiger partial charge is 0.408 e. The van der Waals surface area contributed by atoms with Gasteiger partial charge in [-0.3, -0.25) is 0 Å². The van der Waals surface area contributed by atoms with Gasteiger partial charge in [-0.05, 0) is 51.8 Å². The van der Waals surface area contributed by atoms with E-state index in [1.807, 2.05) is 0 Å². The van der Waals surface area contributed by atoms with Gasteiger partial charge in [0.15, 0.2) is 0 Å². The molecule has 0 aromatic heterocycles. The number of ether oxygens (including phenoxy) is 1. The fourth-order valence-corrected chi connectivity index (χ4v) is 2.26. The van der Waals surface area contributed by atoms with Gasteiger partial charge in [-0.2, -0.15) is 0 Å². The minimum absolute atomic E-state index is 0.0709. The Kier molecular flexibility index (Phi) is 7.44. The highest BCUT2D eigenvalue weighted by Crippen LogP contribution is 2.13. The van der Waals surface area contributed by atoms with Crippen molar-refractivity contribution >= 4 is 23.3 Å². The molecule has 0 unspecified atom stereocenters. The molecular weight excluding hydrogens is 328 g/mol. The molecule has 1 rings (SSSR count). The summed E-state index contributed by atoms with van der Waals surface area (Å²) in [6.45, 7) is 7.07. The first kappa shape index (κ1) is 20.2. The number of nitrogens with one attached hydrogen (secondary N) is 2. The van der Waals surface area contributed by atoms with Crippen LogP contribution in [-0.4, -0.2) is 45.6 Å². The summed E-state index contributed by atoms with van der Waals surface area (Å²) in [6, 6.07) is 5.96. The number of rotatable bonds is 6. The van der Waals surface area contributed by atoms with Crippen molar-refractivity contribution in [3.05, 3.63) is 29.8 Å². The number of carbonyl (C=O) groups is 1. The number of benzene rings is 1. The Morgan fingerprint density at radius 2 is 1.83 bits per heavy atom. The number of phenols is 1. The molecule has 0 spiro atoms. The third-order valence-electron chi connectivity index (χ3n) is 3.05. The van der Waals surface area contributed by atoms with E-state index in [4.69, 9.17) is 22.1 Å². The number of amides is 1. The number of alkyl carbamates (subject to hydrolysis) is 1. The van der Waals surface area contributed by atoms with Crippen LogP contribution in [0.25, 0.3) is 0 Å². The molecule has 0 fully saturated rings.